The molecular weight excluding hydrogens is 369 g/mol. The zero-order chi connectivity index (χ0) is 18.1. The van der Waals surface area contributed by atoms with Crippen molar-refractivity contribution >= 4 is 33.0 Å². The molecule has 1 aliphatic rings. The molecule has 1 unspecified atom stereocenters. The number of benzene rings is 1. The lowest BCUT2D eigenvalue weighted by atomic mass is 10.1. The average Bonchev–Trinajstić information content (AvgIpc) is 3.29. The molecule has 134 valence electrons. The summed E-state index contributed by atoms with van der Waals surface area (Å²) in [6, 6.07) is 3.74. The second kappa shape index (κ2) is 6.79. The third kappa shape index (κ3) is 4.54. The van der Waals surface area contributed by atoms with Gasteiger partial charge in [0, 0.05) is 10.6 Å². The number of oxime groups is 1. The molecule has 10 heteroatoms. The molecule has 1 aliphatic carbocycles. The number of halogens is 4. The van der Waals surface area contributed by atoms with Crippen LogP contribution in [0.4, 0.5) is 18.9 Å². The first-order valence-electron chi connectivity index (χ1n) is 7.10. The molecular formula is C14H16ClF3N2O3S. The Hall–Kier alpha value is -1.48. The van der Waals surface area contributed by atoms with Gasteiger partial charge in [0.15, 0.2) is 0 Å². The summed E-state index contributed by atoms with van der Waals surface area (Å²) in [6.45, 7) is 3.34. The molecule has 0 aromatic heterocycles. The van der Waals surface area contributed by atoms with Crippen LogP contribution < -0.4 is 4.72 Å². The van der Waals surface area contributed by atoms with E-state index in [0.29, 0.717) is 5.92 Å². The normalized spacial score (nSPS) is 17.5. The minimum absolute atomic E-state index is 0.110. The van der Waals surface area contributed by atoms with Crippen LogP contribution in [0.5, 0.6) is 0 Å². The second-order valence-electron chi connectivity index (χ2n) is 5.57. The summed E-state index contributed by atoms with van der Waals surface area (Å²) in [5.41, 5.74) is -5.38. The molecule has 1 atom stereocenters. The zero-order valence-electron chi connectivity index (χ0n) is 12.9. The Morgan fingerprint density at radius 1 is 1.42 bits per heavy atom. The molecule has 1 N–H and O–H groups in total. The van der Waals surface area contributed by atoms with Crippen molar-refractivity contribution < 1.29 is 26.4 Å². The van der Waals surface area contributed by atoms with E-state index in [1.807, 2.05) is 6.92 Å². The highest BCUT2D eigenvalue weighted by Crippen LogP contribution is 2.34. The van der Waals surface area contributed by atoms with Gasteiger partial charge < -0.3 is 4.84 Å². The Balaban J connectivity index is 2.28. The molecule has 1 aromatic carbocycles. The van der Waals surface area contributed by atoms with E-state index >= 15 is 0 Å². The van der Waals surface area contributed by atoms with Gasteiger partial charge in [-0.1, -0.05) is 16.8 Å². The summed E-state index contributed by atoms with van der Waals surface area (Å²) in [6.07, 6.45) is 1.97. The van der Waals surface area contributed by atoms with E-state index in [4.69, 9.17) is 16.4 Å². The molecule has 24 heavy (non-hydrogen) atoms. The van der Waals surface area contributed by atoms with Crippen LogP contribution in [0, 0.1) is 5.92 Å². The number of anilines is 1. The van der Waals surface area contributed by atoms with Crippen molar-refractivity contribution in [1.29, 1.82) is 0 Å². The fourth-order valence-corrected chi connectivity index (χ4v) is 2.73. The predicted octanol–water partition coefficient (Wildman–Crippen LogP) is 4.14. The SMILES string of the molecule is C/C(=N\OC(C)C1CC1)c1cc(Cl)ccc1NS(=O)(=O)C(F)(F)F. The molecule has 1 aromatic rings. The van der Waals surface area contributed by atoms with Gasteiger partial charge >= 0.3 is 15.5 Å². The van der Waals surface area contributed by atoms with Crippen LogP contribution in [-0.4, -0.2) is 25.7 Å². The number of hydrogen-bond donors (Lipinski definition) is 1. The van der Waals surface area contributed by atoms with E-state index in [9.17, 15) is 21.6 Å². The van der Waals surface area contributed by atoms with Crippen molar-refractivity contribution in [2.45, 2.75) is 38.3 Å². The topological polar surface area (TPSA) is 67.8 Å². The summed E-state index contributed by atoms with van der Waals surface area (Å²) >= 11 is 5.85. The standard InChI is InChI=1S/C14H16ClF3N2O3S/c1-8(19-23-9(2)10-3-4-10)12-7-11(15)5-6-13(12)20-24(21,22)14(16,17)18/h5-7,9-10,20H,3-4H2,1-2H3/b19-8+. The molecule has 1 fully saturated rings. The van der Waals surface area contributed by atoms with E-state index in [1.54, 1.807) is 0 Å². The highest BCUT2D eigenvalue weighted by atomic mass is 35.5. The van der Waals surface area contributed by atoms with Crippen molar-refractivity contribution in [2.24, 2.45) is 11.1 Å². The molecule has 0 amide bonds. The zero-order valence-corrected chi connectivity index (χ0v) is 14.5. The Labute approximate surface area is 142 Å². The van der Waals surface area contributed by atoms with Gasteiger partial charge in [-0.3, -0.25) is 4.72 Å². The van der Waals surface area contributed by atoms with E-state index < -0.39 is 15.5 Å². The third-order valence-electron chi connectivity index (χ3n) is 3.56. The van der Waals surface area contributed by atoms with Crippen LogP contribution in [0.25, 0.3) is 0 Å². The maximum Gasteiger partial charge on any atom is 0.516 e. The van der Waals surface area contributed by atoms with Gasteiger partial charge in [0.2, 0.25) is 0 Å². The van der Waals surface area contributed by atoms with Gasteiger partial charge in [0.1, 0.15) is 6.10 Å². The van der Waals surface area contributed by atoms with Crippen molar-refractivity contribution in [3.05, 3.63) is 28.8 Å². The molecule has 2 rings (SSSR count). The quantitative estimate of drug-likeness (QED) is 0.592. The lowest BCUT2D eigenvalue weighted by Crippen LogP contribution is -2.30. The first kappa shape index (κ1) is 18.9. The summed E-state index contributed by atoms with van der Waals surface area (Å²) < 4.78 is 61.8. The molecule has 5 nitrogen and oxygen atoms in total. The fraction of sp³-hybridized carbons (Fsp3) is 0.500. The van der Waals surface area contributed by atoms with E-state index in [0.717, 1.165) is 18.9 Å². The summed E-state index contributed by atoms with van der Waals surface area (Å²) in [4.78, 5) is 5.32. The Morgan fingerprint density at radius 2 is 2.04 bits per heavy atom. The number of hydrogen-bond acceptors (Lipinski definition) is 4. The van der Waals surface area contributed by atoms with Crippen LogP contribution in [0.15, 0.2) is 23.4 Å². The minimum atomic E-state index is -5.54. The number of nitrogens with one attached hydrogen (secondary N) is 1. The fourth-order valence-electron chi connectivity index (χ4n) is 1.97. The Bertz CT molecular complexity index is 746. The van der Waals surface area contributed by atoms with Crippen molar-refractivity contribution in [3.8, 4) is 0 Å². The van der Waals surface area contributed by atoms with Gasteiger partial charge in [0.25, 0.3) is 0 Å². The van der Waals surface area contributed by atoms with Gasteiger partial charge in [-0.2, -0.15) is 21.6 Å². The Kier molecular flexibility index (Phi) is 5.34. The average molecular weight is 385 g/mol. The lowest BCUT2D eigenvalue weighted by Gasteiger charge is -2.15. The van der Waals surface area contributed by atoms with Crippen LogP contribution in [0.3, 0.4) is 0 Å². The largest absolute Gasteiger partial charge is 0.516 e. The maximum atomic E-state index is 12.5. The number of nitrogens with zero attached hydrogens (tertiary/aromatic N) is 1. The van der Waals surface area contributed by atoms with Crippen LogP contribution in [-0.2, 0) is 14.9 Å². The monoisotopic (exact) mass is 384 g/mol. The lowest BCUT2D eigenvalue weighted by molar-refractivity contribution is -0.0429. The van der Waals surface area contributed by atoms with E-state index in [1.165, 1.54) is 23.8 Å². The predicted molar refractivity (Wildman–Crippen MR) is 85.5 cm³/mol. The van der Waals surface area contributed by atoms with Crippen LogP contribution in [0.1, 0.15) is 32.3 Å². The minimum Gasteiger partial charge on any atom is -0.392 e. The molecule has 0 saturated heterocycles. The van der Waals surface area contributed by atoms with E-state index in [2.05, 4.69) is 5.16 Å². The third-order valence-corrected chi connectivity index (χ3v) is 4.90. The first-order valence-corrected chi connectivity index (χ1v) is 8.97. The van der Waals surface area contributed by atoms with E-state index in [-0.39, 0.29) is 28.1 Å². The maximum absolute atomic E-state index is 12.5. The van der Waals surface area contributed by atoms with Gasteiger partial charge in [-0.05, 0) is 50.8 Å². The molecule has 0 heterocycles. The second-order valence-corrected chi connectivity index (χ2v) is 7.68. The molecule has 0 radical (unpaired) electrons. The molecule has 0 aliphatic heterocycles. The number of sulfonamides is 1. The molecule has 1 saturated carbocycles. The number of rotatable bonds is 6. The van der Waals surface area contributed by atoms with Crippen molar-refractivity contribution in [3.63, 3.8) is 0 Å². The summed E-state index contributed by atoms with van der Waals surface area (Å²) in [7, 11) is -5.54. The summed E-state index contributed by atoms with van der Waals surface area (Å²) in [5, 5.41) is 4.12. The summed E-state index contributed by atoms with van der Waals surface area (Å²) in [5.74, 6) is 0.420. The number of alkyl halides is 3. The molecule has 0 spiro atoms. The van der Waals surface area contributed by atoms with Crippen molar-refractivity contribution in [2.75, 3.05) is 4.72 Å². The highest BCUT2D eigenvalue weighted by molar-refractivity contribution is 7.93. The first-order chi connectivity index (χ1) is 11.0. The van der Waals surface area contributed by atoms with Gasteiger partial charge in [0.05, 0.1) is 11.4 Å². The molecule has 0 bridgehead atoms. The Morgan fingerprint density at radius 3 is 2.58 bits per heavy atom. The highest BCUT2D eigenvalue weighted by Gasteiger charge is 2.46. The van der Waals surface area contributed by atoms with Gasteiger partial charge in [-0.25, -0.2) is 0 Å². The van der Waals surface area contributed by atoms with Crippen LogP contribution >= 0.6 is 11.6 Å². The smallest absolute Gasteiger partial charge is 0.392 e. The van der Waals surface area contributed by atoms with Gasteiger partial charge in [-0.15, -0.1) is 0 Å². The van der Waals surface area contributed by atoms with Crippen molar-refractivity contribution in [1.82, 2.24) is 0 Å². The van der Waals surface area contributed by atoms with Crippen LogP contribution in [0.2, 0.25) is 5.02 Å².